The number of nitrogens with one attached hydrogen (secondary N) is 3. The maximum Gasteiger partial charge on any atom is 0.307 e. The van der Waals surface area contributed by atoms with Crippen LogP contribution in [0.2, 0.25) is 0 Å². The monoisotopic (exact) mass is 730 g/mol. The first-order chi connectivity index (χ1) is 24.6. The van der Waals surface area contributed by atoms with Crippen LogP contribution >= 0.6 is 0 Å². The Morgan fingerprint density at radius 3 is 2.31 bits per heavy atom. The van der Waals surface area contributed by atoms with Gasteiger partial charge in [0.25, 0.3) is 0 Å². The first kappa shape index (κ1) is 39.6. The average Bonchev–Trinajstić information content (AvgIpc) is 3.26. The van der Waals surface area contributed by atoms with Gasteiger partial charge in [0.2, 0.25) is 15.9 Å². The first-order valence-electron chi connectivity index (χ1n) is 16.9. The van der Waals surface area contributed by atoms with Crippen molar-refractivity contribution < 1.29 is 32.3 Å². The lowest BCUT2D eigenvalue weighted by Crippen LogP contribution is -2.62. The van der Waals surface area contributed by atoms with Crippen LogP contribution in [0, 0.1) is 25.2 Å². The van der Waals surface area contributed by atoms with Gasteiger partial charge in [-0.05, 0) is 74.9 Å². The zero-order chi connectivity index (χ0) is 38.1. The van der Waals surface area contributed by atoms with E-state index in [0.717, 1.165) is 18.1 Å². The average molecular weight is 731 g/mol. The molecule has 13 nitrogen and oxygen atoms in total. The molecule has 0 aliphatic carbocycles. The van der Waals surface area contributed by atoms with Gasteiger partial charge < -0.3 is 26.4 Å². The Bertz CT molecular complexity index is 1940. The van der Waals surface area contributed by atoms with Crippen LogP contribution in [0.3, 0.4) is 0 Å². The number of rotatable bonds is 16. The van der Waals surface area contributed by atoms with Gasteiger partial charge in [0.15, 0.2) is 23.1 Å². The van der Waals surface area contributed by atoms with Gasteiger partial charge in [-0.15, -0.1) is 0 Å². The minimum Gasteiger partial charge on any atom is -0.461 e. The molecule has 1 amide bonds. The number of guanidine groups is 1. The van der Waals surface area contributed by atoms with Gasteiger partial charge in [0.05, 0.1) is 23.3 Å². The molecule has 0 radical (unpaired) electrons. The predicted octanol–water partition coefficient (Wildman–Crippen LogP) is 3.18. The lowest BCUT2D eigenvalue weighted by atomic mass is 9.76. The number of ketones is 2. The summed E-state index contributed by atoms with van der Waals surface area (Å²) in [6.45, 7) is 4.73. The van der Waals surface area contributed by atoms with Crippen molar-refractivity contribution in [3.8, 4) is 0 Å². The molecule has 0 bridgehead atoms. The molecular weight excluding hydrogens is 685 g/mol. The molecule has 4 rings (SSSR count). The molecule has 0 fully saturated rings. The maximum atomic E-state index is 14.6. The number of sulfonamides is 1. The molecule has 0 saturated heterocycles. The summed E-state index contributed by atoms with van der Waals surface area (Å²) in [5.41, 5.74) is 12.5. The summed E-state index contributed by atoms with van der Waals surface area (Å²) >= 11 is 0. The zero-order valence-corrected chi connectivity index (χ0v) is 30.4. The van der Waals surface area contributed by atoms with Crippen molar-refractivity contribution in [2.75, 3.05) is 18.0 Å². The Morgan fingerprint density at radius 2 is 1.69 bits per heavy atom. The lowest BCUT2D eigenvalue weighted by Gasteiger charge is -2.32. The van der Waals surface area contributed by atoms with E-state index >= 15 is 0 Å². The molecule has 0 aromatic heterocycles. The molecule has 0 saturated carbocycles. The number of amides is 1. The smallest absolute Gasteiger partial charge is 0.307 e. The molecule has 3 unspecified atom stereocenters. The standard InChI is InChI=1S/C38H46N6O7S/c1-25-16-17-33(26(2)21-25)52(49,50)43-32(15-10-19-42-37(39)40)35(47)38(41,27(3)45)30-18-20-44(31-13-8-5-9-14-31)36(48)29(22-30)23-34(46)51-24-28-11-6-4-7-12-28/h4-9,11-14,16-17,21-22,29,32,43H,10,15,18-20,23-24,41H2,1-3H3,(H4,39,40,42). The Kier molecular flexibility index (Phi) is 13.2. The number of hydrogen-bond acceptors (Lipinski definition) is 9. The third-order valence-corrected chi connectivity index (χ3v) is 10.6. The van der Waals surface area contributed by atoms with Crippen molar-refractivity contribution in [1.82, 2.24) is 10.0 Å². The van der Waals surface area contributed by atoms with Crippen LogP contribution in [-0.2, 0) is 40.5 Å². The van der Waals surface area contributed by atoms with Crippen LogP contribution in [0.1, 0.15) is 49.3 Å². The largest absolute Gasteiger partial charge is 0.461 e. The molecule has 1 heterocycles. The van der Waals surface area contributed by atoms with Gasteiger partial charge in [-0.2, -0.15) is 0 Å². The van der Waals surface area contributed by atoms with Gasteiger partial charge in [-0.1, -0.05) is 72.3 Å². The van der Waals surface area contributed by atoms with E-state index in [4.69, 9.17) is 21.6 Å². The number of benzene rings is 3. The van der Waals surface area contributed by atoms with Gasteiger partial charge in [-0.25, -0.2) is 13.1 Å². The van der Waals surface area contributed by atoms with Crippen LogP contribution in [0.5, 0.6) is 0 Å². The topological polar surface area (TPSA) is 215 Å². The Morgan fingerprint density at radius 1 is 1.04 bits per heavy atom. The van der Waals surface area contributed by atoms with Crippen LogP contribution in [0.25, 0.3) is 0 Å². The fourth-order valence-electron chi connectivity index (χ4n) is 6.21. The highest BCUT2D eigenvalue weighted by Crippen LogP contribution is 2.32. The maximum absolute atomic E-state index is 14.6. The summed E-state index contributed by atoms with van der Waals surface area (Å²) in [7, 11) is -4.31. The van der Waals surface area contributed by atoms with Crippen molar-refractivity contribution in [2.45, 2.75) is 69.5 Å². The highest BCUT2D eigenvalue weighted by Gasteiger charge is 2.48. The van der Waals surface area contributed by atoms with E-state index in [1.807, 2.05) is 13.0 Å². The van der Waals surface area contributed by atoms with Crippen LogP contribution in [0.15, 0.2) is 95.4 Å². The number of aryl methyl sites for hydroxylation is 2. The second-order valence-electron chi connectivity index (χ2n) is 12.9. The summed E-state index contributed by atoms with van der Waals surface area (Å²) in [6.07, 6.45) is 1.03. The van der Waals surface area contributed by atoms with Gasteiger partial charge >= 0.3 is 5.97 Å². The van der Waals surface area contributed by atoms with Gasteiger partial charge in [0.1, 0.15) is 6.61 Å². The minimum atomic E-state index is -4.31. The molecular formula is C38H46N6O7S. The van der Waals surface area contributed by atoms with Crippen molar-refractivity contribution in [2.24, 2.45) is 17.4 Å². The van der Waals surface area contributed by atoms with Gasteiger partial charge in [0, 0.05) is 18.8 Å². The van der Waals surface area contributed by atoms with E-state index in [2.05, 4.69) is 10.0 Å². The highest BCUT2D eigenvalue weighted by molar-refractivity contribution is 7.89. The fourth-order valence-corrected chi connectivity index (χ4v) is 7.67. The zero-order valence-electron chi connectivity index (χ0n) is 29.6. The van der Waals surface area contributed by atoms with E-state index < -0.39 is 57.4 Å². The molecule has 7 N–H and O–H groups in total. The first-order valence-corrected chi connectivity index (χ1v) is 18.4. The summed E-state index contributed by atoms with van der Waals surface area (Å²) in [6, 6.07) is 21.1. The van der Waals surface area contributed by atoms with Crippen molar-refractivity contribution in [3.63, 3.8) is 0 Å². The molecule has 1 aliphatic rings. The van der Waals surface area contributed by atoms with Crippen molar-refractivity contribution in [1.29, 1.82) is 5.41 Å². The predicted molar refractivity (Wildman–Crippen MR) is 198 cm³/mol. The van der Waals surface area contributed by atoms with E-state index in [1.165, 1.54) is 17.0 Å². The number of nitrogens with zero attached hydrogens (tertiary/aromatic N) is 1. The number of esters is 1. The van der Waals surface area contributed by atoms with E-state index in [0.29, 0.717) is 11.3 Å². The number of Topliss-reactive ketones (excluding diaryl/α,β-unsaturated/α-hetero) is 2. The Balaban J connectivity index is 1.72. The second-order valence-corrected chi connectivity index (χ2v) is 14.6. The molecule has 52 heavy (non-hydrogen) atoms. The number of carbonyl (C=O) groups is 4. The molecule has 0 spiro atoms. The molecule has 3 aromatic carbocycles. The number of hydrogen-bond donors (Lipinski definition) is 5. The number of carbonyl (C=O) groups excluding carboxylic acids is 4. The molecule has 1 aliphatic heterocycles. The molecule has 3 aromatic rings. The van der Waals surface area contributed by atoms with Crippen molar-refractivity contribution >= 4 is 45.1 Å². The SMILES string of the molecule is CC(=O)C(N)(C(=O)C(CCCNC(=N)N)NS(=O)(=O)c1ccc(C)cc1C)C1=CC(CC(=O)OCc2ccccc2)C(=O)N(c2ccccc2)CC1. The summed E-state index contributed by atoms with van der Waals surface area (Å²) in [5, 5.41) is 10.1. The van der Waals surface area contributed by atoms with Crippen LogP contribution < -0.4 is 26.4 Å². The third-order valence-electron chi connectivity index (χ3n) is 8.96. The quantitative estimate of drug-likeness (QED) is 0.0362. The highest BCUT2D eigenvalue weighted by atomic mass is 32.2. The molecule has 276 valence electrons. The summed E-state index contributed by atoms with van der Waals surface area (Å²) in [5.74, 6) is -4.30. The minimum absolute atomic E-state index is 0.0191. The normalized spacial score (nSPS) is 16.5. The van der Waals surface area contributed by atoms with Gasteiger partial charge in [-0.3, -0.25) is 24.6 Å². The van der Waals surface area contributed by atoms with Crippen molar-refractivity contribution in [3.05, 3.63) is 107 Å². The third kappa shape index (κ3) is 9.78. The Hall–Kier alpha value is -5.18. The number of ether oxygens (including phenoxy) is 1. The Labute approximate surface area is 304 Å². The van der Waals surface area contributed by atoms with E-state index in [9.17, 15) is 27.6 Å². The second kappa shape index (κ2) is 17.4. The number of anilines is 1. The number of para-hydroxylation sites is 1. The van der Waals surface area contributed by atoms with Crippen LogP contribution in [-0.4, -0.2) is 62.5 Å². The van der Waals surface area contributed by atoms with Crippen LogP contribution in [0.4, 0.5) is 5.69 Å². The number of nitrogens with two attached hydrogens (primary N) is 2. The fraction of sp³-hybridized carbons (Fsp3) is 0.342. The van der Waals surface area contributed by atoms with E-state index in [1.54, 1.807) is 73.7 Å². The lowest BCUT2D eigenvalue weighted by molar-refractivity contribution is -0.147. The summed E-state index contributed by atoms with van der Waals surface area (Å²) < 4.78 is 35.5. The molecule has 3 atom stereocenters. The molecule has 14 heteroatoms. The van der Waals surface area contributed by atoms with E-state index in [-0.39, 0.29) is 55.4 Å². The summed E-state index contributed by atoms with van der Waals surface area (Å²) in [4.78, 5) is 56.9.